The maximum absolute atomic E-state index is 13.4. The number of nitrogens with one attached hydrogen (secondary N) is 1. The lowest BCUT2D eigenvalue weighted by Crippen LogP contribution is -2.34. The molecular formula is C22H19ClF3N3S. The van der Waals surface area contributed by atoms with Crippen molar-refractivity contribution in [2.24, 2.45) is 0 Å². The maximum atomic E-state index is 13.4. The third-order valence-corrected chi connectivity index (χ3v) is 4.98. The summed E-state index contributed by atoms with van der Waals surface area (Å²) in [6.07, 6.45) is -2.90. The van der Waals surface area contributed by atoms with Gasteiger partial charge in [0.25, 0.3) is 0 Å². The molecule has 0 aliphatic heterocycles. The Balaban J connectivity index is 1.87. The first-order valence-corrected chi connectivity index (χ1v) is 9.89. The zero-order valence-corrected chi connectivity index (χ0v) is 17.7. The number of alkyl halides is 3. The molecule has 0 aliphatic rings. The van der Waals surface area contributed by atoms with Gasteiger partial charge in [0, 0.05) is 17.8 Å². The van der Waals surface area contributed by atoms with E-state index in [1.54, 1.807) is 17.2 Å². The van der Waals surface area contributed by atoms with Gasteiger partial charge < -0.3 is 10.2 Å². The average Bonchev–Trinajstić information content (AvgIpc) is 2.70. The summed E-state index contributed by atoms with van der Waals surface area (Å²) < 4.78 is 40.3. The zero-order valence-electron chi connectivity index (χ0n) is 16.1. The van der Waals surface area contributed by atoms with Crippen LogP contribution in [0.5, 0.6) is 0 Å². The molecule has 3 nitrogen and oxygen atoms in total. The minimum absolute atomic E-state index is 0.00351. The monoisotopic (exact) mass is 449 g/mol. The quantitative estimate of drug-likeness (QED) is 0.452. The fourth-order valence-electron chi connectivity index (χ4n) is 2.85. The Morgan fingerprint density at radius 1 is 1.07 bits per heavy atom. The van der Waals surface area contributed by atoms with Crippen molar-refractivity contribution < 1.29 is 13.2 Å². The van der Waals surface area contributed by atoms with Crippen LogP contribution >= 0.6 is 23.8 Å². The van der Waals surface area contributed by atoms with Crippen molar-refractivity contribution >= 4 is 34.6 Å². The smallest absolute Gasteiger partial charge is 0.339 e. The van der Waals surface area contributed by atoms with Crippen LogP contribution in [0.3, 0.4) is 0 Å². The molecule has 8 heteroatoms. The number of rotatable bonds is 5. The molecule has 0 spiro atoms. The number of pyridine rings is 1. The van der Waals surface area contributed by atoms with Crippen LogP contribution < -0.4 is 5.32 Å². The Labute approximate surface area is 183 Å². The molecule has 3 rings (SSSR count). The average molecular weight is 450 g/mol. The number of hydrogen-bond donors (Lipinski definition) is 1. The van der Waals surface area contributed by atoms with Crippen molar-refractivity contribution in [1.82, 2.24) is 9.88 Å². The highest BCUT2D eigenvalue weighted by molar-refractivity contribution is 7.80. The van der Waals surface area contributed by atoms with Crippen LogP contribution in [-0.4, -0.2) is 15.0 Å². The molecule has 30 heavy (non-hydrogen) atoms. The van der Waals surface area contributed by atoms with Gasteiger partial charge in [0.1, 0.15) is 0 Å². The Kier molecular flexibility index (Phi) is 6.95. The van der Waals surface area contributed by atoms with Gasteiger partial charge in [-0.25, -0.2) is 0 Å². The molecule has 0 amide bonds. The third-order valence-electron chi connectivity index (χ3n) is 4.39. The first-order chi connectivity index (χ1) is 14.2. The second kappa shape index (κ2) is 9.45. The van der Waals surface area contributed by atoms with E-state index in [1.807, 2.05) is 43.3 Å². The molecule has 1 N–H and O–H groups in total. The van der Waals surface area contributed by atoms with E-state index < -0.39 is 11.7 Å². The Bertz CT molecular complexity index is 1010. The lowest BCUT2D eigenvalue weighted by Gasteiger charge is -2.27. The molecule has 0 aliphatic carbocycles. The molecule has 0 radical (unpaired) electrons. The van der Waals surface area contributed by atoms with Gasteiger partial charge in [-0.2, -0.15) is 13.2 Å². The molecule has 0 saturated carbocycles. The highest BCUT2D eigenvalue weighted by Gasteiger charge is 2.34. The first kappa shape index (κ1) is 22.1. The standard InChI is InChI=1S/C22H19ClF3N3S/c1-15-5-7-16(8-6-15)13-29(14-18-4-2-3-11-27-18)21(30)28-20-10-9-17(23)12-19(20)22(24,25)26/h2-12H,13-14H2,1H3,(H,28,30). The van der Waals surface area contributed by atoms with Crippen LogP contribution in [-0.2, 0) is 19.3 Å². The zero-order chi connectivity index (χ0) is 21.7. The van der Waals surface area contributed by atoms with Gasteiger partial charge in [-0.15, -0.1) is 0 Å². The molecular weight excluding hydrogens is 431 g/mol. The molecule has 0 unspecified atom stereocenters. The molecule has 0 fully saturated rings. The predicted octanol–water partition coefficient (Wildman–Crippen LogP) is 6.46. The van der Waals surface area contributed by atoms with Crippen molar-refractivity contribution in [3.05, 3.63) is 94.3 Å². The van der Waals surface area contributed by atoms with E-state index >= 15 is 0 Å². The number of nitrogens with zero attached hydrogens (tertiary/aromatic N) is 2. The van der Waals surface area contributed by atoms with E-state index in [4.69, 9.17) is 23.8 Å². The van der Waals surface area contributed by atoms with Crippen LogP contribution in [0.15, 0.2) is 66.9 Å². The molecule has 156 valence electrons. The number of aryl methyl sites for hydroxylation is 1. The highest BCUT2D eigenvalue weighted by Crippen LogP contribution is 2.36. The van der Waals surface area contributed by atoms with Gasteiger partial charge in [0.15, 0.2) is 5.11 Å². The van der Waals surface area contributed by atoms with Crippen LogP contribution in [0.2, 0.25) is 5.02 Å². The highest BCUT2D eigenvalue weighted by atomic mass is 35.5. The Morgan fingerprint density at radius 3 is 2.43 bits per heavy atom. The number of thiocarbonyl (C=S) groups is 1. The third kappa shape index (κ3) is 5.93. The molecule has 1 heterocycles. The van der Waals surface area contributed by atoms with Gasteiger partial charge in [0.05, 0.1) is 23.5 Å². The van der Waals surface area contributed by atoms with Crippen molar-refractivity contribution in [2.75, 3.05) is 5.32 Å². The molecule has 0 bridgehead atoms. The van der Waals surface area contributed by atoms with Gasteiger partial charge in [-0.05, 0) is 55.0 Å². The summed E-state index contributed by atoms with van der Waals surface area (Å²) in [4.78, 5) is 6.08. The number of anilines is 1. The number of halogens is 4. The summed E-state index contributed by atoms with van der Waals surface area (Å²) in [5.41, 5.74) is 1.83. The van der Waals surface area contributed by atoms with E-state index in [0.717, 1.165) is 22.9 Å². The number of aromatic nitrogens is 1. The van der Waals surface area contributed by atoms with Crippen molar-refractivity contribution in [3.63, 3.8) is 0 Å². The molecule has 3 aromatic rings. The van der Waals surface area contributed by atoms with Gasteiger partial charge >= 0.3 is 6.18 Å². The van der Waals surface area contributed by atoms with Crippen LogP contribution in [0.1, 0.15) is 22.4 Å². The van der Waals surface area contributed by atoms with Crippen molar-refractivity contribution in [3.8, 4) is 0 Å². The second-order valence-corrected chi connectivity index (χ2v) is 7.60. The predicted molar refractivity (Wildman–Crippen MR) is 117 cm³/mol. The topological polar surface area (TPSA) is 28.2 Å². The van der Waals surface area contributed by atoms with Crippen LogP contribution in [0.4, 0.5) is 18.9 Å². The number of benzene rings is 2. The van der Waals surface area contributed by atoms with E-state index in [2.05, 4.69) is 10.3 Å². The minimum atomic E-state index is -4.56. The summed E-state index contributed by atoms with van der Waals surface area (Å²) in [5, 5.41) is 2.91. The summed E-state index contributed by atoms with van der Waals surface area (Å²) >= 11 is 11.3. The fourth-order valence-corrected chi connectivity index (χ4v) is 3.27. The molecule has 2 aromatic carbocycles. The summed E-state index contributed by atoms with van der Waals surface area (Å²) in [7, 11) is 0. The lowest BCUT2D eigenvalue weighted by atomic mass is 10.1. The summed E-state index contributed by atoms with van der Waals surface area (Å²) in [5.74, 6) is 0. The van der Waals surface area contributed by atoms with Crippen molar-refractivity contribution in [2.45, 2.75) is 26.2 Å². The largest absolute Gasteiger partial charge is 0.418 e. The normalized spacial score (nSPS) is 11.2. The lowest BCUT2D eigenvalue weighted by molar-refractivity contribution is -0.136. The Morgan fingerprint density at radius 2 is 1.80 bits per heavy atom. The summed E-state index contributed by atoms with van der Waals surface area (Å²) in [6, 6.07) is 16.9. The van der Waals surface area contributed by atoms with E-state index in [9.17, 15) is 13.2 Å². The van der Waals surface area contributed by atoms with E-state index in [0.29, 0.717) is 13.1 Å². The van der Waals surface area contributed by atoms with Gasteiger partial charge in [-0.1, -0.05) is 47.5 Å². The molecule has 0 saturated heterocycles. The SMILES string of the molecule is Cc1ccc(CN(Cc2ccccn2)C(=S)Nc2ccc(Cl)cc2C(F)(F)F)cc1. The first-order valence-electron chi connectivity index (χ1n) is 9.10. The maximum Gasteiger partial charge on any atom is 0.418 e. The minimum Gasteiger partial charge on any atom is -0.339 e. The number of hydrogen-bond acceptors (Lipinski definition) is 2. The van der Waals surface area contributed by atoms with E-state index in [-0.39, 0.29) is 15.8 Å². The van der Waals surface area contributed by atoms with Gasteiger partial charge in [0.2, 0.25) is 0 Å². The van der Waals surface area contributed by atoms with Crippen molar-refractivity contribution in [1.29, 1.82) is 0 Å². The molecule has 1 aromatic heterocycles. The van der Waals surface area contributed by atoms with E-state index in [1.165, 1.54) is 12.1 Å². The Hall–Kier alpha value is -2.64. The molecule has 0 atom stereocenters. The van der Waals surface area contributed by atoms with Gasteiger partial charge in [-0.3, -0.25) is 4.98 Å². The summed E-state index contributed by atoms with van der Waals surface area (Å²) in [6.45, 7) is 2.74. The second-order valence-electron chi connectivity index (χ2n) is 6.78. The van der Waals surface area contributed by atoms with Crippen LogP contribution in [0, 0.1) is 6.92 Å². The van der Waals surface area contributed by atoms with Crippen LogP contribution in [0.25, 0.3) is 0 Å². The fraction of sp³-hybridized carbons (Fsp3) is 0.182.